The molecule has 0 aliphatic heterocycles. The predicted molar refractivity (Wildman–Crippen MR) is 36.1 cm³/mol. The van der Waals surface area contributed by atoms with Gasteiger partial charge in [-0.1, -0.05) is 13.8 Å². The summed E-state index contributed by atoms with van der Waals surface area (Å²) in [4.78, 5) is 0. The summed E-state index contributed by atoms with van der Waals surface area (Å²) in [5.41, 5.74) is -1.14. The van der Waals surface area contributed by atoms with Gasteiger partial charge in [0.05, 0.1) is 5.60 Å². The van der Waals surface area contributed by atoms with E-state index in [1.54, 1.807) is 13.8 Å². The van der Waals surface area contributed by atoms with Gasteiger partial charge in [-0.2, -0.15) is 0 Å². The maximum atomic E-state index is 11.7. The predicted octanol–water partition coefficient (Wildman–Crippen LogP) is 2.96. The van der Waals surface area contributed by atoms with Crippen LogP contribution in [0, 0.1) is 5.92 Å². The summed E-state index contributed by atoms with van der Waals surface area (Å²) in [6, 6.07) is 0. The summed E-state index contributed by atoms with van der Waals surface area (Å²) in [5, 5.41) is 0. The third-order valence-electron chi connectivity index (χ3n) is 1.77. The van der Waals surface area contributed by atoms with Gasteiger partial charge in [0, 0.05) is 0 Å². The standard InChI is InChI=1S/C7H13F3O/c1-5(2)6(3,4)11-7(8,9)10/h5H,1-4H3. The molecule has 68 valence electrons. The van der Waals surface area contributed by atoms with Crippen LogP contribution in [-0.2, 0) is 4.74 Å². The zero-order valence-electron chi connectivity index (χ0n) is 7.12. The van der Waals surface area contributed by atoms with Crippen LogP contribution in [0.3, 0.4) is 0 Å². The second-order valence-corrected chi connectivity index (χ2v) is 3.31. The Labute approximate surface area is 64.5 Å². The molecule has 0 heterocycles. The highest BCUT2D eigenvalue weighted by atomic mass is 19.4. The molecule has 4 heteroatoms. The van der Waals surface area contributed by atoms with Gasteiger partial charge >= 0.3 is 6.36 Å². The number of hydrogen-bond donors (Lipinski definition) is 0. The van der Waals surface area contributed by atoms with E-state index in [-0.39, 0.29) is 5.92 Å². The zero-order valence-corrected chi connectivity index (χ0v) is 7.12. The quantitative estimate of drug-likeness (QED) is 0.619. The zero-order chi connectivity index (χ0) is 9.28. The van der Waals surface area contributed by atoms with Gasteiger partial charge in [0.25, 0.3) is 0 Å². The van der Waals surface area contributed by atoms with Crippen LogP contribution in [0.4, 0.5) is 13.2 Å². The fraction of sp³-hybridized carbons (Fsp3) is 1.00. The Balaban J connectivity index is 4.13. The first-order valence-electron chi connectivity index (χ1n) is 3.42. The molecular weight excluding hydrogens is 157 g/mol. The van der Waals surface area contributed by atoms with Gasteiger partial charge in [0.15, 0.2) is 0 Å². The highest BCUT2D eigenvalue weighted by Gasteiger charge is 2.39. The highest BCUT2D eigenvalue weighted by Crippen LogP contribution is 2.29. The monoisotopic (exact) mass is 170 g/mol. The molecule has 1 nitrogen and oxygen atoms in total. The minimum Gasteiger partial charge on any atom is -0.286 e. The minimum absolute atomic E-state index is 0.163. The van der Waals surface area contributed by atoms with Gasteiger partial charge in [-0.3, -0.25) is 4.74 Å². The summed E-state index contributed by atoms with van der Waals surface area (Å²) in [6.07, 6.45) is -4.53. The lowest BCUT2D eigenvalue weighted by atomic mass is 9.95. The fourth-order valence-corrected chi connectivity index (χ4v) is 0.416. The van der Waals surface area contributed by atoms with E-state index in [0.717, 1.165) is 0 Å². The van der Waals surface area contributed by atoms with Crippen molar-refractivity contribution in [2.24, 2.45) is 5.92 Å². The van der Waals surface area contributed by atoms with Gasteiger partial charge in [-0.15, -0.1) is 13.2 Å². The van der Waals surface area contributed by atoms with Crippen molar-refractivity contribution in [1.29, 1.82) is 0 Å². The molecule has 0 aromatic carbocycles. The first-order valence-corrected chi connectivity index (χ1v) is 3.42. The Bertz CT molecular complexity index is 126. The lowest BCUT2D eigenvalue weighted by molar-refractivity contribution is -0.367. The third-order valence-corrected chi connectivity index (χ3v) is 1.77. The third kappa shape index (κ3) is 4.24. The van der Waals surface area contributed by atoms with Crippen molar-refractivity contribution >= 4 is 0 Å². The first kappa shape index (κ1) is 10.8. The van der Waals surface area contributed by atoms with Crippen molar-refractivity contribution in [3.05, 3.63) is 0 Å². The number of alkyl halides is 3. The summed E-state index contributed by atoms with van der Waals surface area (Å²) in [6.45, 7) is 6.22. The topological polar surface area (TPSA) is 9.23 Å². The second kappa shape index (κ2) is 3.01. The lowest BCUT2D eigenvalue weighted by Crippen LogP contribution is -2.36. The van der Waals surface area contributed by atoms with Crippen LogP contribution < -0.4 is 0 Å². The van der Waals surface area contributed by atoms with E-state index in [4.69, 9.17) is 0 Å². The molecule has 0 aliphatic carbocycles. The Morgan fingerprint density at radius 1 is 1.09 bits per heavy atom. The van der Waals surface area contributed by atoms with Crippen LogP contribution in [0.15, 0.2) is 0 Å². The molecule has 0 aromatic heterocycles. The van der Waals surface area contributed by atoms with Crippen molar-refractivity contribution in [2.45, 2.75) is 39.7 Å². The SMILES string of the molecule is CC(C)C(C)(C)OC(F)(F)F. The maximum absolute atomic E-state index is 11.7. The van der Waals surface area contributed by atoms with Gasteiger partial charge in [-0.05, 0) is 19.8 Å². The summed E-state index contributed by atoms with van der Waals surface area (Å²) in [5.74, 6) is -0.163. The molecule has 0 rings (SSSR count). The number of halogens is 3. The Kier molecular flexibility index (Phi) is 2.94. The van der Waals surface area contributed by atoms with Crippen molar-refractivity contribution in [3.63, 3.8) is 0 Å². The van der Waals surface area contributed by atoms with E-state index in [2.05, 4.69) is 4.74 Å². The van der Waals surface area contributed by atoms with Crippen LogP contribution in [0.25, 0.3) is 0 Å². The van der Waals surface area contributed by atoms with Gasteiger partial charge in [0.2, 0.25) is 0 Å². The van der Waals surface area contributed by atoms with Gasteiger partial charge in [-0.25, -0.2) is 0 Å². The van der Waals surface area contributed by atoms with Crippen LogP contribution >= 0.6 is 0 Å². The van der Waals surface area contributed by atoms with Crippen molar-refractivity contribution in [3.8, 4) is 0 Å². The van der Waals surface area contributed by atoms with Crippen molar-refractivity contribution < 1.29 is 17.9 Å². The molecule has 0 aliphatic rings. The molecule has 0 fully saturated rings. The van der Waals surface area contributed by atoms with Crippen LogP contribution in [0.1, 0.15) is 27.7 Å². The highest BCUT2D eigenvalue weighted by molar-refractivity contribution is 4.72. The van der Waals surface area contributed by atoms with E-state index in [1.807, 2.05) is 0 Å². The number of hydrogen-bond acceptors (Lipinski definition) is 1. The molecule has 0 saturated heterocycles. The molecule has 0 aromatic rings. The molecule has 0 unspecified atom stereocenters. The van der Waals surface area contributed by atoms with Crippen molar-refractivity contribution in [1.82, 2.24) is 0 Å². The van der Waals surface area contributed by atoms with Crippen molar-refractivity contribution in [2.75, 3.05) is 0 Å². The average Bonchev–Trinajstić information content (AvgIpc) is 1.56. The molecule has 0 bridgehead atoms. The molecule has 11 heavy (non-hydrogen) atoms. The summed E-state index contributed by atoms with van der Waals surface area (Å²) < 4.78 is 39.0. The van der Waals surface area contributed by atoms with Crippen LogP contribution in [0.2, 0.25) is 0 Å². The molecular formula is C7H13F3O. The molecule has 0 atom stereocenters. The molecule has 0 spiro atoms. The smallest absolute Gasteiger partial charge is 0.286 e. The second-order valence-electron chi connectivity index (χ2n) is 3.31. The summed E-state index contributed by atoms with van der Waals surface area (Å²) in [7, 11) is 0. The van der Waals surface area contributed by atoms with E-state index in [0.29, 0.717) is 0 Å². The minimum atomic E-state index is -4.53. The van der Waals surface area contributed by atoms with E-state index in [1.165, 1.54) is 13.8 Å². The lowest BCUT2D eigenvalue weighted by Gasteiger charge is -2.29. The first-order chi connectivity index (χ1) is 4.65. The normalized spacial score (nSPS) is 14.2. The summed E-state index contributed by atoms with van der Waals surface area (Å²) >= 11 is 0. The van der Waals surface area contributed by atoms with E-state index in [9.17, 15) is 13.2 Å². The molecule has 0 N–H and O–H groups in total. The average molecular weight is 170 g/mol. The Morgan fingerprint density at radius 3 is 1.55 bits per heavy atom. The van der Waals surface area contributed by atoms with E-state index < -0.39 is 12.0 Å². The van der Waals surface area contributed by atoms with Gasteiger partial charge in [0.1, 0.15) is 0 Å². The van der Waals surface area contributed by atoms with Gasteiger partial charge < -0.3 is 0 Å². The van der Waals surface area contributed by atoms with E-state index >= 15 is 0 Å². The number of rotatable bonds is 2. The fourth-order valence-electron chi connectivity index (χ4n) is 0.416. The number of ether oxygens (including phenoxy) is 1. The maximum Gasteiger partial charge on any atom is 0.523 e. The molecule has 0 saturated carbocycles. The molecule has 0 amide bonds. The Morgan fingerprint density at radius 2 is 1.45 bits per heavy atom. The molecule has 0 radical (unpaired) electrons. The van der Waals surface area contributed by atoms with Crippen LogP contribution in [0.5, 0.6) is 0 Å². The van der Waals surface area contributed by atoms with Crippen LogP contribution in [-0.4, -0.2) is 12.0 Å². The Hall–Kier alpha value is -0.250. The largest absolute Gasteiger partial charge is 0.523 e.